The lowest BCUT2D eigenvalue weighted by atomic mass is 9.99. The standard InChI is InChI=1S/C16H22N2O/c19-16(14-6-2-1-3-7-14)13-17-10-11-18-9-5-4-8-15(18)12-17/h1-3,6-7,15H,4-5,8-13H2. The first kappa shape index (κ1) is 12.8. The van der Waals surface area contributed by atoms with Crippen molar-refractivity contribution < 1.29 is 4.79 Å². The Balaban J connectivity index is 1.57. The highest BCUT2D eigenvalue weighted by Crippen LogP contribution is 2.21. The van der Waals surface area contributed by atoms with Crippen LogP contribution in [0.5, 0.6) is 0 Å². The number of ketones is 1. The molecule has 2 saturated heterocycles. The molecule has 1 aromatic rings. The number of Topliss-reactive ketones (excluding diaryl/α,β-unsaturated/α-hetero) is 1. The first-order valence-electron chi connectivity index (χ1n) is 7.37. The van der Waals surface area contributed by atoms with Crippen molar-refractivity contribution >= 4 is 5.78 Å². The third kappa shape index (κ3) is 3.04. The molecule has 2 heterocycles. The second-order valence-corrected chi connectivity index (χ2v) is 5.71. The molecule has 1 atom stereocenters. The van der Waals surface area contributed by atoms with Crippen LogP contribution in [0, 0.1) is 0 Å². The molecule has 2 fully saturated rings. The van der Waals surface area contributed by atoms with Gasteiger partial charge in [0.15, 0.2) is 5.78 Å². The van der Waals surface area contributed by atoms with Crippen LogP contribution in [0.1, 0.15) is 29.6 Å². The van der Waals surface area contributed by atoms with E-state index in [-0.39, 0.29) is 5.78 Å². The van der Waals surface area contributed by atoms with E-state index in [1.165, 1.54) is 25.8 Å². The van der Waals surface area contributed by atoms with Gasteiger partial charge in [-0.15, -0.1) is 0 Å². The molecule has 1 aromatic carbocycles. The maximum Gasteiger partial charge on any atom is 0.176 e. The fraction of sp³-hybridized carbons (Fsp3) is 0.562. The summed E-state index contributed by atoms with van der Waals surface area (Å²) in [5, 5.41) is 0. The van der Waals surface area contributed by atoms with Crippen molar-refractivity contribution in [2.24, 2.45) is 0 Å². The van der Waals surface area contributed by atoms with E-state index in [0.717, 1.165) is 25.2 Å². The number of piperazine rings is 1. The quantitative estimate of drug-likeness (QED) is 0.775. The van der Waals surface area contributed by atoms with Gasteiger partial charge in [-0.05, 0) is 19.4 Å². The second-order valence-electron chi connectivity index (χ2n) is 5.71. The Morgan fingerprint density at radius 2 is 1.95 bits per heavy atom. The molecule has 2 aliphatic heterocycles. The molecule has 0 spiro atoms. The van der Waals surface area contributed by atoms with Gasteiger partial charge < -0.3 is 0 Å². The normalized spacial score (nSPS) is 24.9. The van der Waals surface area contributed by atoms with Crippen LogP contribution in [0.2, 0.25) is 0 Å². The maximum absolute atomic E-state index is 12.2. The minimum Gasteiger partial charge on any atom is -0.298 e. The lowest BCUT2D eigenvalue weighted by Gasteiger charge is -2.43. The molecule has 0 aromatic heterocycles. The molecule has 3 heteroatoms. The van der Waals surface area contributed by atoms with Crippen LogP contribution in [0.25, 0.3) is 0 Å². The van der Waals surface area contributed by atoms with E-state index in [4.69, 9.17) is 0 Å². The minimum absolute atomic E-state index is 0.254. The second kappa shape index (κ2) is 5.85. The zero-order valence-corrected chi connectivity index (χ0v) is 11.4. The van der Waals surface area contributed by atoms with Crippen molar-refractivity contribution in [1.82, 2.24) is 9.80 Å². The monoisotopic (exact) mass is 258 g/mol. The van der Waals surface area contributed by atoms with Crippen LogP contribution in [0.3, 0.4) is 0 Å². The largest absolute Gasteiger partial charge is 0.298 e. The molecular formula is C16H22N2O. The summed E-state index contributed by atoms with van der Waals surface area (Å²) in [6, 6.07) is 10.3. The number of fused-ring (bicyclic) bond motifs is 1. The zero-order chi connectivity index (χ0) is 13.1. The average Bonchev–Trinajstić information content (AvgIpc) is 2.48. The number of benzene rings is 1. The topological polar surface area (TPSA) is 23.6 Å². The highest BCUT2D eigenvalue weighted by molar-refractivity contribution is 5.97. The van der Waals surface area contributed by atoms with Crippen LogP contribution in [0.4, 0.5) is 0 Å². The van der Waals surface area contributed by atoms with Crippen molar-refractivity contribution in [1.29, 1.82) is 0 Å². The first-order chi connectivity index (χ1) is 9.33. The van der Waals surface area contributed by atoms with Gasteiger partial charge in [0, 0.05) is 31.2 Å². The highest BCUT2D eigenvalue weighted by atomic mass is 16.1. The van der Waals surface area contributed by atoms with E-state index < -0.39 is 0 Å². The molecule has 19 heavy (non-hydrogen) atoms. The number of nitrogens with zero attached hydrogens (tertiary/aromatic N) is 2. The molecule has 0 amide bonds. The van der Waals surface area contributed by atoms with Crippen LogP contribution >= 0.6 is 0 Å². The zero-order valence-electron chi connectivity index (χ0n) is 11.4. The van der Waals surface area contributed by atoms with Crippen molar-refractivity contribution in [3.63, 3.8) is 0 Å². The summed E-state index contributed by atoms with van der Waals surface area (Å²) in [5.74, 6) is 0.254. The lowest BCUT2D eigenvalue weighted by molar-refractivity contribution is 0.0469. The number of piperidine rings is 1. The van der Waals surface area contributed by atoms with Gasteiger partial charge >= 0.3 is 0 Å². The smallest absolute Gasteiger partial charge is 0.176 e. The Morgan fingerprint density at radius 1 is 1.11 bits per heavy atom. The van der Waals surface area contributed by atoms with E-state index >= 15 is 0 Å². The molecule has 3 rings (SSSR count). The Kier molecular flexibility index (Phi) is 3.95. The van der Waals surface area contributed by atoms with Crippen molar-refractivity contribution in [2.75, 3.05) is 32.7 Å². The van der Waals surface area contributed by atoms with Crippen LogP contribution in [-0.2, 0) is 0 Å². The molecule has 0 bridgehead atoms. The number of hydrogen-bond acceptors (Lipinski definition) is 3. The van der Waals surface area contributed by atoms with E-state index in [1.54, 1.807) is 0 Å². The summed E-state index contributed by atoms with van der Waals surface area (Å²) < 4.78 is 0. The molecule has 1 unspecified atom stereocenters. The van der Waals surface area contributed by atoms with E-state index in [2.05, 4.69) is 9.80 Å². The Labute approximate surface area is 115 Å². The number of hydrogen-bond donors (Lipinski definition) is 0. The Bertz CT molecular complexity index is 432. The fourth-order valence-corrected chi connectivity index (χ4v) is 3.28. The van der Waals surface area contributed by atoms with Gasteiger partial charge in [-0.1, -0.05) is 36.8 Å². The summed E-state index contributed by atoms with van der Waals surface area (Å²) in [5.41, 5.74) is 0.841. The van der Waals surface area contributed by atoms with Crippen molar-refractivity contribution in [3.8, 4) is 0 Å². The van der Waals surface area contributed by atoms with Crippen molar-refractivity contribution in [2.45, 2.75) is 25.3 Å². The minimum atomic E-state index is 0.254. The lowest BCUT2D eigenvalue weighted by Crippen LogP contribution is -2.55. The van der Waals surface area contributed by atoms with Crippen LogP contribution < -0.4 is 0 Å². The third-order valence-electron chi connectivity index (χ3n) is 4.38. The van der Waals surface area contributed by atoms with Gasteiger partial charge in [-0.25, -0.2) is 0 Å². The SMILES string of the molecule is O=C(CN1CCN2CCCCC2C1)c1ccccc1. The molecular weight excluding hydrogens is 236 g/mol. The maximum atomic E-state index is 12.2. The number of carbonyl (C=O) groups is 1. The highest BCUT2D eigenvalue weighted by Gasteiger charge is 2.29. The Morgan fingerprint density at radius 3 is 2.79 bits per heavy atom. The summed E-state index contributed by atoms with van der Waals surface area (Å²) >= 11 is 0. The van der Waals surface area contributed by atoms with Gasteiger partial charge in [-0.2, -0.15) is 0 Å². The van der Waals surface area contributed by atoms with E-state index in [9.17, 15) is 4.79 Å². The van der Waals surface area contributed by atoms with Crippen LogP contribution in [-0.4, -0.2) is 54.3 Å². The summed E-state index contributed by atoms with van der Waals surface area (Å²) in [6.07, 6.45) is 4.00. The van der Waals surface area contributed by atoms with Gasteiger partial charge in [0.05, 0.1) is 6.54 Å². The van der Waals surface area contributed by atoms with Crippen LogP contribution in [0.15, 0.2) is 30.3 Å². The molecule has 0 aliphatic carbocycles. The van der Waals surface area contributed by atoms with Gasteiger partial charge in [0.25, 0.3) is 0 Å². The molecule has 102 valence electrons. The van der Waals surface area contributed by atoms with E-state index in [0.29, 0.717) is 12.6 Å². The molecule has 0 saturated carbocycles. The molecule has 0 radical (unpaired) electrons. The first-order valence-corrected chi connectivity index (χ1v) is 7.37. The predicted octanol–water partition coefficient (Wildman–Crippen LogP) is 2.04. The Hall–Kier alpha value is -1.19. The molecule has 0 N–H and O–H groups in total. The summed E-state index contributed by atoms with van der Waals surface area (Å²) in [6.45, 7) is 5.07. The number of rotatable bonds is 3. The average molecular weight is 258 g/mol. The third-order valence-corrected chi connectivity index (χ3v) is 4.38. The summed E-state index contributed by atoms with van der Waals surface area (Å²) in [7, 11) is 0. The predicted molar refractivity (Wildman–Crippen MR) is 76.4 cm³/mol. The molecule has 3 nitrogen and oxygen atoms in total. The van der Waals surface area contributed by atoms with Gasteiger partial charge in [0.2, 0.25) is 0 Å². The van der Waals surface area contributed by atoms with Gasteiger partial charge in [-0.3, -0.25) is 14.6 Å². The van der Waals surface area contributed by atoms with Crippen molar-refractivity contribution in [3.05, 3.63) is 35.9 Å². The fourth-order valence-electron chi connectivity index (χ4n) is 3.28. The molecule has 2 aliphatic rings. The summed E-state index contributed by atoms with van der Waals surface area (Å²) in [4.78, 5) is 17.2. The number of carbonyl (C=O) groups excluding carboxylic acids is 1. The van der Waals surface area contributed by atoms with Gasteiger partial charge in [0.1, 0.15) is 0 Å². The van der Waals surface area contributed by atoms with E-state index in [1.807, 2.05) is 30.3 Å².